The molecular formula is C17H30N2. The highest BCUT2D eigenvalue weighted by Crippen LogP contribution is 2.17. The zero-order valence-corrected chi connectivity index (χ0v) is 13.2. The van der Waals surface area contributed by atoms with Crippen molar-refractivity contribution in [1.29, 1.82) is 0 Å². The van der Waals surface area contributed by atoms with E-state index in [0.29, 0.717) is 12.1 Å². The molecule has 2 heteroatoms. The van der Waals surface area contributed by atoms with Crippen molar-refractivity contribution in [3.63, 3.8) is 0 Å². The Labute approximate surface area is 119 Å². The summed E-state index contributed by atoms with van der Waals surface area (Å²) in [6, 6.07) is 10.1. The molecule has 0 aromatic heterocycles. The number of hydrogen-bond acceptors (Lipinski definition) is 2. The van der Waals surface area contributed by atoms with Crippen LogP contribution in [-0.2, 0) is 6.42 Å². The highest BCUT2D eigenvalue weighted by atomic mass is 15.1. The maximum absolute atomic E-state index is 3.67. The fraction of sp³-hybridized carbons (Fsp3) is 0.647. The van der Waals surface area contributed by atoms with Crippen molar-refractivity contribution in [2.45, 2.75) is 52.6 Å². The topological polar surface area (TPSA) is 15.3 Å². The normalized spacial score (nSPS) is 13.2. The van der Waals surface area contributed by atoms with E-state index in [1.807, 2.05) is 0 Å². The molecular weight excluding hydrogens is 232 g/mol. The van der Waals surface area contributed by atoms with Crippen LogP contribution in [0, 0.1) is 0 Å². The third kappa shape index (κ3) is 5.33. The predicted octanol–water partition coefficient (Wildman–Crippen LogP) is 3.63. The van der Waals surface area contributed by atoms with E-state index >= 15 is 0 Å². The van der Waals surface area contributed by atoms with Crippen LogP contribution in [0.4, 0.5) is 0 Å². The van der Waals surface area contributed by atoms with Gasteiger partial charge in [-0.2, -0.15) is 0 Å². The molecule has 0 heterocycles. The third-order valence-corrected chi connectivity index (χ3v) is 3.94. The van der Waals surface area contributed by atoms with Crippen LogP contribution in [0.2, 0.25) is 0 Å². The summed E-state index contributed by atoms with van der Waals surface area (Å²) in [6.45, 7) is 11.1. The van der Waals surface area contributed by atoms with Crippen LogP contribution in [-0.4, -0.2) is 31.1 Å². The molecule has 1 unspecified atom stereocenters. The average molecular weight is 262 g/mol. The highest BCUT2D eigenvalue weighted by Gasteiger charge is 2.09. The molecule has 0 radical (unpaired) electrons. The first-order valence-corrected chi connectivity index (χ1v) is 7.60. The molecule has 2 nitrogen and oxygen atoms in total. The van der Waals surface area contributed by atoms with E-state index in [1.165, 1.54) is 11.1 Å². The standard InChI is InChI=1S/C17H30N2/c1-6-15-8-10-16(11-9-15)17(7-2)18-12-13-19(5)14(3)4/h8-11,14,17-18H,6-7,12-13H2,1-5H3. The molecule has 0 amide bonds. The zero-order valence-electron chi connectivity index (χ0n) is 13.2. The Bertz CT molecular complexity index is 343. The molecule has 0 spiro atoms. The molecule has 0 aliphatic carbocycles. The van der Waals surface area contributed by atoms with E-state index in [9.17, 15) is 0 Å². The second kappa shape index (κ2) is 8.34. The van der Waals surface area contributed by atoms with Crippen molar-refractivity contribution in [2.75, 3.05) is 20.1 Å². The average Bonchev–Trinajstić information content (AvgIpc) is 2.43. The Morgan fingerprint density at radius 3 is 2.21 bits per heavy atom. The number of nitrogens with one attached hydrogen (secondary N) is 1. The highest BCUT2D eigenvalue weighted by molar-refractivity contribution is 5.25. The molecule has 1 aromatic carbocycles. The summed E-state index contributed by atoms with van der Waals surface area (Å²) >= 11 is 0. The van der Waals surface area contributed by atoms with Crippen molar-refractivity contribution in [3.05, 3.63) is 35.4 Å². The van der Waals surface area contributed by atoms with Crippen molar-refractivity contribution < 1.29 is 0 Å². The minimum Gasteiger partial charge on any atom is -0.309 e. The summed E-state index contributed by atoms with van der Waals surface area (Å²) < 4.78 is 0. The lowest BCUT2D eigenvalue weighted by Gasteiger charge is -2.23. The number of hydrogen-bond donors (Lipinski definition) is 1. The van der Waals surface area contributed by atoms with Gasteiger partial charge in [0.2, 0.25) is 0 Å². The summed E-state index contributed by atoms with van der Waals surface area (Å²) in [5.41, 5.74) is 2.82. The summed E-state index contributed by atoms with van der Waals surface area (Å²) in [5, 5.41) is 3.67. The van der Waals surface area contributed by atoms with Crippen LogP contribution in [0.3, 0.4) is 0 Å². The molecule has 0 bridgehead atoms. The van der Waals surface area contributed by atoms with Gasteiger partial charge in [-0.1, -0.05) is 38.1 Å². The molecule has 1 atom stereocenters. The van der Waals surface area contributed by atoms with Gasteiger partial charge >= 0.3 is 0 Å². The fourth-order valence-corrected chi connectivity index (χ4v) is 2.16. The van der Waals surface area contributed by atoms with Crippen LogP contribution in [0.1, 0.15) is 51.3 Å². The summed E-state index contributed by atoms with van der Waals surface area (Å²) in [4.78, 5) is 2.37. The maximum atomic E-state index is 3.67. The number of likely N-dealkylation sites (N-methyl/N-ethyl adjacent to an activating group) is 1. The van der Waals surface area contributed by atoms with E-state index in [-0.39, 0.29) is 0 Å². The molecule has 1 rings (SSSR count). The largest absolute Gasteiger partial charge is 0.309 e. The molecule has 0 saturated heterocycles. The van der Waals surface area contributed by atoms with Crippen LogP contribution in [0.25, 0.3) is 0 Å². The van der Waals surface area contributed by atoms with Crippen LogP contribution in [0.15, 0.2) is 24.3 Å². The number of rotatable bonds is 8. The van der Waals surface area contributed by atoms with E-state index in [4.69, 9.17) is 0 Å². The van der Waals surface area contributed by atoms with Gasteiger partial charge in [0.15, 0.2) is 0 Å². The smallest absolute Gasteiger partial charge is 0.0318 e. The molecule has 1 N–H and O–H groups in total. The van der Waals surface area contributed by atoms with Crippen molar-refractivity contribution >= 4 is 0 Å². The van der Waals surface area contributed by atoms with Gasteiger partial charge in [-0.3, -0.25) is 0 Å². The number of aryl methyl sites for hydroxylation is 1. The Balaban J connectivity index is 2.48. The molecule has 19 heavy (non-hydrogen) atoms. The van der Waals surface area contributed by atoms with Gasteiger partial charge in [0, 0.05) is 25.2 Å². The SMILES string of the molecule is CCc1ccc(C(CC)NCCN(C)C(C)C)cc1. The zero-order chi connectivity index (χ0) is 14.3. The van der Waals surface area contributed by atoms with E-state index in [1.54, 1.807) is 0 Å². The van der Waals surface area contributed by atoms with Gasteiger partial charge in [0.25, 0.3) is 0 Å². The Morgan fingerprint density at radius 1 is 1.11 bits per heavy atom. The minimum atomic E-state index is 0.478. The lowest BCUT2D eigenvalue weighted by molar-refractivity contribution is 0.268. The first-order chi connectivity index (χ1) is 9.08. The lowest BCUT2D eigenvalue weighted by Crippen LogP contribution is -2.35. The lowest BCUT2D eigenvalue weighted by atomic mass is 10.0. The molecule has 0 fully saturated rings. The molecule has 108 valence electrons. The maximum Gasteiger partial charge on any atom is 0.0318 e. The molecule has 0 saturated carbocycles. The van der Waals surface area contributed by atoms with E-state index in [0.717, 1.165) is 25.9 Å². The van der Waals surface area contributed by atoms with Gasteiger partial charge in [-0.15, -0.1) is 0 Å². The van der Waals surface area contributed by atoms with E-state index < -0.39 is 0 Å². The second-order valence-corrected chi connectivity index (χ2v) is 5.58. The Kier molecular flexibility index (Phi) is 7.11. The van der Waals surface area contributed by atoms with Crippen LogP contribution in [0.5, 0.6) is 0 Å². The second-order valence-electron chi connectivity index (χ2n) is 5.58. The predicted molar refractivity (Wildman–Crippen MR) is 84.6 cm³/mol. The van der Waals surface area contributed by atoms with Gasteiger partial charge in [-0.25, -0.2) is 0 Å². The van der Waals surface area contributed by atoms with Gasteiger partial charge < -0.3 is 10.2 Å². The molecule has 1 aromatic rings. The van der Waals surface area contributed by atoms with E-state index in [2.05, 4.69) is 69.2 Å². The Morgan fingerprint density at radius 2 is 1.74 bits per heavy atom. The Hall–Kier alpha value is -0.860. The number of benzene rings is 1. The first-order valence-electron chi connectivity index (χ1n) is 7.60. The summed E-state index contributed by atoms with van der Waals surface area (Å²) in [5.74, 6) is 0. The van der Waals surface area contributed by atoms with Gasteiger partial charge in [-0.05, 0) is 44.9 Å². The van der Waals surface area contributed by atoms with Crippen LogP contribution >= 0.6 is 0 Å². The first kappa shape index (κ1) is 16.2. The summed E-state index contributed by atoms with van der Waals surface area (Å²) in [6.07, 6.45) is 2.25. The molecule has 0 aliphatic rings. The van der Waals surface area contributed by atoms with Gasteiger partial charge in [0.1, 0.15) is 0 Å². The van der Waals surface area contributed by atoms with Crippen LogP contribution < -0.4 is 5.32 Å². The van der Waals surface area contributed by atoms with Crippen molar-refractivity contribution in [1.82, 2.24) is 10.2 Å². The quantitative estimate of drug-likeness (QED) is 0.769. The third-order valence-electron chi connectivity index (χ3n) is 3.94. The molecule has 0 aliphatic heterocycles. The monoisotopic (exact) mass is 262 g/mol. The van der Waals surface area contributed by atoms with Crippen molar-refractivity contribution in [3.8, 4) is 0 Å². The van der Waals surface area contributed by atoms with Crippen molar-refractivity contribution in [2.24, 2.45) is 0 Å². The van der Waals surface area contributed by atoms with Gasteiger partial charge in [0.05, 0.1) is 0 Å². The minimum absolute atomic E-state index is 0.478. The number of nitrogens with zero attached hydrogens (tertiary/aromatic N) is 1. The summed E-state index contributed by atoms with van der Waals surface area (Å²) in [7, 11) is 2.18. The fourth-order valence-electron chi connectivity index (χ4n) is 2.16.